The summed E-state index contributed by atoms with van der Waals surface area (Å²) >= 11 is 0. The quantitative estimate of drug-likeness (QED) is 0.381. The minimum atomic E-state index is -0.258. The molecule has 0 spiro atoms. The van der Waals surface area contributed by atoms with Crippen LogP contribution < -0.4 is 0 Å². The van der Waals surface area contributed by atoms with Gasteiger partial charge in [0.15, 0.2) is 0 Å². The van der Waals surface area contributed by atoms with Crippen molar-refractivity contribution in [3.8, 4) is 0 Å². The van der Waals surface area contributed by atoms with E-state index < -0.39 is 0 Å². The Balaban J connectivity index is 1.84. The Labute approximate surface area is 84.7 Å². The summed E-state index contributed by atoms with van der Waals surface area (Å²) < 4.78 is 4.55. The van der Waals surface area contributed by atoms with Crippen molar-refractivity contribution in [2.24, 2.45) is 0 Å². The van der Waals surface area contributed by atoms with E-state index in [1.165, 1.54) is 45.3 Å². The Morgan fingerprint density at radius 2 is 1.93 bits per heavy atom. The van der Waals surface area contributed by atoms with Crippen LogP contribution in [-0.2, 0) is 9.53 Å². The standard InChI is InChI=1S/C11H17NO2/c1-14-11(13)7-8-12-9-5-3-2-4-6-10(9)12/h7-10H,2-6H2,1H3/b8-7+/t9-,10+,12?. The van der Waals surface area contributed by atoms with E-state index in [2.05, 4.69) is 9.64 Å². The summed E-state index contributed by atoms with van der Waals surface area (Å²) in [6.07, 6.45) is 10.0. The summed E-state index contributed by atoms with van der Waals surface area (Å²) in [6, 6.07) is 1.41. The van der Waals surface area contributed by atoms with Crippen molar-refractivity contribution in [3.05, 3.63) is 12.3 Å². The highest BCUT2D eigenvalue weighted by Gasteiger charge is 2.44. The molecule has 0 aromatic rings. The molecule has 0 radical (unpaired) electrons. The van der Waals surface area contributed by atoms with Crippen molar-refractivity contribution in [1.82, 2.24) is 4.90 Å². The monoisotopic (exact) mass is 195 g/mol. The van der Waals surface area contributed by atoms with Crippen LogP contribution in [0.1, 0.15) is 32.1 Å². The Morgan fingerprint density at radius 3 is 2.50 bits per heavy atom. The Hall–Kier alpha value is -0.990. The fourth-order valence-electron chi connectivity index (χ4n) is 2.36. The molecule has 0 N–H and O–H groups in total. The zero-order valence-corrected chi connectivity index (χ0v) is 8.61. The lowest BCUT2D eigenvalue weighted by atomic mass is 10.2. The van der Waals surface area contributed by atoms with Gasteiger partial charge in [-0.2, -0.15) is 0 Å². The molecule has 78 valence electrons. The first-order valence-corrected chi connectivity index (χ1v) is 5.36. The molecule has 1 aliphatic heterocycles. The van der Waals surface area contributed by atoms with E-state index in [0.29, 0.717) is 12.1 Å². The molecule has 2 fully saturated rings. The summed E-state index contributed by atoms with van der Waals surface area (Å²) in [7, 11) is 1.41. The topological polar surface area (TPSA) is 29.3 Å². The van der Waals surface area contributed by atoms with E-state index in [4.69, 9.17) is 0 Å². The Morgan fingerprint density at radius 1 is 1.29 bits per heavy atom. The number of hydrogen-bond donors (Lipinski definition) is 0. The van der Waals surface area contributed by atoms with Crippen molar-refractivity contribution in [2.75, 3.05) is 7.11 Å². The molecule has 2 aliphatic rings. The lowest BCUT2D eigenvalue weighted by Gasteiger charge is -2.01. The molecule has 0 amide bonds. The Kier molecular flexibility index (Phi) is 2.75. The van der Waals surface area contributed by atoms with Crippen LogP contribution in [0.5, 0.6) is 0 Å². The van der Waals surface area contributed by atoms with Crippen LogP contribution in [-0.4, -0.2) is 30.1 Å². The molecule has 1 aliphatic carbocycles. The highest BCUT2D eigenvalue weighted by molar-refractivity contribution is 5.81. The first-order chi connectivity index (χ1) is 6.83. The van der Waals surface area contributed by atoms with Crippen LogP contribution in [0.4, 0.5) is 0 Å². The molecule has 1 saturated carbocycles. The molecular weight excluding hydrogens is 178 g/mol. The van der Waals surface area contributed by atoms with E-state index in [-0.39, 0.29) is 5.97 Å². The number of ether oxygens (including phenoxy) is 1. The van der Waals surface area contributed by atoms with Crippen LogP contribution in [0.2, 0.25) is 0 Å². The largest absolute Gasteiger partial charge is 0.466 e. The number of nitrogens with zero attached hydrogens (tertiary/aromatic N) is 1. The van der Waals surface area contributed by atoms with Gasteiger partial charge in [-0.1, -0.05) is 19.3 Å². The molecule has 3 heteroatoms. The maximum absolute atomic E-state index is 10.9. The average Bonchev–Trinajstić information content (AvgIpc) is 2.89. The molecule has 14 heavy (non-hydrogen) atoms. The van der Waals surface area contributed by atoms with Crippen LogP contribution in [0.3, 0.4) is 0 Å². The highest BCUT2D eigenvalue weighted by Crippen LogP contribution is 2.39. The molecule has 2 atom stereocenters. The van der Waals surface area contributed by atoms with Gasteiger partial charge < -0.3 is 9.64 Å². The number of esters is 1. The molecule has 3 nitrogen and oxygen atoms in total. The average molecular weight is 195 g/mol. The first kappa shape index (κ1) is 9.56. The second kappa shape index (κ2) is 4.03. The fraction of sp³-hybridized carbons (Fsp3) is 0.727. The van der Waals surface area contributed by atoms with Gasteiger partial charge in [0.1, 0.15) is 0 Å². The molecule has 1 heterocycles. The van der Waals surface area contributed by atoms with Crippen LogP contribution in [0.25, 0.3) is 0 Å². The maximum Gasteiger partial charge on any atom is 0.331 e. The third-order valence-corrected chi connectivity index (χ3v) is 3.20. The number of likely N-dealkylation sites (tertiary alicyclic amines) is 1. The number of rotatable bonds is 2. The summed E-state index contributed by atoms with van der Waals surface area (Å²) in [5.41, 5.74) is 0. The van der Waals surface area contributed by atoms with E-state index in [1.807, 2.05) is 6.20 Å². The SMILES string of the molecule is COC(=O)/C=C/N1[C@@H]2CCCCC[C@@H]21. The van der Waals surface area contributed by atoms with Gasteiger partial charge in [0.25, 0.3) is 0 Å². The first-order valence-electron chi connectivity index (χ1n) is 5.36. The summed E-state index contributed by atoms with van der Waals surface area (Å²) in [4.78, 5) is 13.2. The predicted octanol–water partition coefficient (Wildman–Crippen LogP) is 1.69. The van der Waals surface area contributed by atoms with Crippen molar-refractivity contribution >= 4 is 5.97 Å². The highest BCUT2D eigenvalue weighted by atomic mass is 16.5. The van der Waals surface area contributed by atoms with Crippen molar-refractivity contribution in [2.45, 2.75) is 44.2 Å². The van der Waals surface area contributed by atoms with Gasteiger partial charge in [0.05, 0.1) is 7.11 Å². The third kappa shape index (κ3) is 1.91. The second-order valence-corrected chi connectivity index (χ2v) is 4.06. The van der Waals surface area contributed by atoms with Gasteiger partial charge in [0.2, 0.25) is 0 Å². The zero-order valence-electron chi connectivity index (χ0n) is 8.61. The molecule has 0 unspecified atom stereocenters. The van der Waals surface area contributed by atoms with Crippen LogP contribution >= 0.6 is 0 Å². The third-order valence-electron chi connectivity index (χ3n) is 3.20. The second-order valence-electron chi connectivity index (χ2n) is 4.06. The van der Waals surface area contributed by atoms with E-state index >= 15 is 0 Å². The van der Waals surface area contributed by atoms with Gasteiger partial charge in [-0.3, -0.25) is 0 Å². The summed E-state index contributed by atoms with van der Waals surface area (Å²) in [5.74, 6) is -0.258. The molecular formula is C11H17NO2. The minimum absolute atomic E-state index is 0.258. The number of hydrogen-bond acceptors (Lipinski definition) is 3. The summed E-state index contributed by atoms with van der Waals surface area (Å²) in [5, 5.41) is 0. The predicted molar refractivity (Wildman–Crippen MR) is 53.7 cm³/mol. The van der Waals surface area contributed by atoms with E-state index in [9.17, 15) is 4.79 Å². The van der Waals surface area contributed by atoms with Gasteiger partial charge in [-0.15, -0.1) is 0 Å². The van der Waals surface area contributed by atoms with Crippen LogP contribution in [0.15, 0.2) is 12.3 Å². The van der Waals surface area contributed by atoms with Crippen LogP contribution in [0, 0.1) is 0 Å². The molecule has 2 rings (SSSR count). The van der Waals surface area contributed by atoms with Crippen molar-refractivity contribution in [3.63, 3.8) is 0 Å². The smallest absolute Gasteiger partial charge is 0.331 e. The van der Waals surface area contributed by atoms with Crippen molar-refractivity contribution < 1.29 is 9.53 Å². The van der Waals surface area contributed by atoms with E-state index in [0.717, 1.165) is 0 Å². The van der Waals surface area contributed by atoms with Gasteiger partial charge in [-0.25, -0.2) is 4.79 Å². The van der Waals surface area contributed by atoms with Gasteiger partial charge in [0, 0.05) is 24.4 Å². The van der Waals surface area contributed by atoms with E-state index in [1.54, 1.807) is 0 Å². The Bertz CT molecular complexity index is 238. The van der Waals surface area contributed by atoms with Gasteiger partial charge in [-0.05, 0) is 12.8 Å². The number of carbonyl (C=O) groups excluding carboxylic acids is 1. The number of methoxy groups -OCH3 is 1. The number of carbonyl (C=O) groups is 1. The molecule has 1 saturated heterocycles. The fourth-order valence-corrected chi connectivity index (χ4v) is 2.36. The molecule has 0 aromatic heterocycles. The summed E-state index contributed by atoms with van der Waals surface area (Å²) in [6.45, 7) is 0. The minimum Gasteiger partial charge on any atom is -0.466 e. The maximum atomic E-state index is 10.9. The lowest BCUT2D eigenvalue weighted by Crippen LogP contribution is -1.99. The zero-order chi connectivity index (χ0) is 9.97. The lowest BCUT2D eigenvalue weighted by molar-refractivity contribution is -0.134. The van der Waals surface area contributed by atoms with Gasteiger partial charge >= 0.3 is 5.97 Å². The number of fused-ring (bicyclic) bond motifs is 1. The molecule has 0 aromatic carbocycles. The molecule has 0 bridgehead atoms. The normalized spacial score (nSPS) is 31.1. The van der Waals surface area contributed by atoms with Crippen molar-refractivity contribution in [1.29, 1.82) is 0 Å².